The summed E-state index contributed by atoms with van der Waals surface area (Å²) in [4.78, 5) is 32.7. The summed E-state index contributed by atoms with van der Waals surface area (Å²) in [6.07, 6.45) is 6.72. The van der Waals surface area contributed by atoms with Gasteiger partial charge in [0.25, 0.3) is 5.91 Å². The molecular formula is C26H26N8O. The highest BCUT2D eigenvalue weighted by molar-refractivity contribution is 6.04. The van der Waals surface area contributed by atoms with Gasteiger partial charge in [0, 0.05) is 67.9 Å². The quantitative estimate of drug-likeness (QED) is 0.395. The second-order valence-corrected chi connectivity index (χ2v) is 8.23. The number of pyridine rings is 2. The summed E-state index contributed by atoms with van der Waals surface area (Å²) in [7, 11) is 0. The van der Waals surface area contributed by atoms with E-state index < -0.39 is 0 Å². The molecule has 0 aliphatic carbocycles. The van der Waals surface area contributed by atoms with Crippen molar-refractivity contribution in [2.75, 3.05) is 41.7 Å². The van der Waals surface area contributed by atoms with Crippen molar-refractivity contribution in [3.63, 3.8) is 0 Å². The minimum atomic E-state index is -0.236. The average Bonchev–Trinajstić information content (AvgIpc) is 2.91. The van der Waals surface area contributed by atoms with E-state index in [2.05, 4.69) is 40.8 Å². The van der Waals surface area contributed by atoms with Gasteiger partial charge in [-0.3, -0.25) is 14.8 Å². The number of nitrogens with zero attached hydrogens (tertiary/aromatic N) is 5. The van der Waals surface area contributed by atoms with Crippen LogP contribution in [0.3, 0.4) is 0 Å². The van der Waals surface area contributed by atoms with Gasteiger partial charge in [0.05, 0.1) is 22.6 Å². The fraction of sp³-hybridized carbons (Fsp3) is 0.192. The molecule has 4 heterocycles. The van der Waals surface area contributed by atoms with Crippen molar-refractivity contribution in [3.05, 3.63) is 84.6 Å². The number of hydrogen-bond acceptors (Lipinski definition) is 8. The van der Waals surface area contributed by atoms with Crippen LogP contribution in [0.5, 0.6) is 0 Å². The lowest BCUT2D eigenvalue weighted by Crippen LogP contribution is -2.43. The van der Waals surface area contributed by atoms with E-state index in [4.69, 9.17) is 0 Å². The Labute approximate surface area is 203 Å². The number of nitrogens with one attached hydrogen (secondary N) is 3. The van der Waals surface area contributed by atoms with Crippen LogP contribution in [0, 0.1) is 6.92 Å². The van der Waals surface area contributed by atoms with Gasteiger partial charge in [-0.1, -0.05) is 0 Å². The van der Waals surface area contributed by atoms with Crippen LogP contribution in [0.15, 0.2) is 73.3 Å². The first-order chi connectivity index (χ1) is 17.2. The van der Waals surface area contributed by atoms with Crippen molar-refractivity contribution in [2.45, 2.75) is 6.92 Å². The molecule has 3 aromatic heterocycles. The van der Waals surface area contributed by atoms with Gasteiger partial charge < -0.3 is 20.9 Å². The summed E-state index contributed by atoms with van der Waals surface area (Å²) in [5.41, 5.74) is 5.36. The van der Waals surface area contributed by atoms with Crippen LogP contribution >= 0.6 is 0 Å². The minimum absolute atomic E-state index is 0.236. The third kappa shape index (κ3) is 5.42. The molecule has 1 aliphatic heterocycles. The highest BCUT2D eigenvalue weighted by Crippen LogP contribution is 2.22. The lowest BCUT2D eigenvalue weighted by molar-refractivity contribution is 0.102. The largest absolute Gasteiger partial charge is 0.369 e. The van der Waals surface area contributed by atoms with Gasteiger partial charge in [-0.2, -0.15) is 0 Å². The highest BCUT2D eigenvalue weighted by atomic mass is 16.1. The number of piperazine rings is 1. The standard InChI is InChI=1S/C26H26N8O/c1-18-24(33-26-29-10-8-23(32-26)19-3-2-9-28-16-19)15-20(17-30-18)25(35)31-21-4-6-22(7-5-21)34-13-11-27-12-14-34/h2-10,15-17,27H,11-14H2,1H3,(H,31,35)(H,29,32,33). The Morgan fingerprint density at radius 2 is 1.83 bits per heavy atom. The molecule has 0 saturated carbocycles. The van der Waals surface area contributed by atoms with Crippen molar-refractivity contribution in [1.82, 2.24) is 25.3 Å². The van der Waals surface area contributed by atoms with E-state index in [1.54, 1.807) is 30.9 Å². The Kier molecular flexibility index (Phi) is 6.58. The summed E-state index contributed by atoms with van der Waals surface area (Å²) in [6, 6.07) is 15.3. The Morgan fingerprint density at radius 3 is 2.60 bits per heavy atom. The maximum Gasteiger partial charge on any atom is 0.257 e. The third-order valence-corrected chi connectivity index (χ3v) is 5.82. The van der Waals surface area contributed by atoms with Gasteiger partial charge in [-0.25, -0.2) is 9.97 Å². The number of anilines is 4. The molecule has 1 amide bonds. The zero-order valence-corrected chi connectivity index (χ0v) is 19.4. The fourth-order valence-electron chi connectivity index (χ4n) is 3.88. The number of aromatic nitrogens is 4. The second-order valence-electron chi connectivity index (χ2n) is 8.23. The molecule has 3 N–H and O–H groups in total. The first-order valence-electron chi connectivity index (χ1n) is 11.5. The molecular weight excluding hydrogens is 440 g/mol. The Hall–Kier alpha value is -4.37. The van der Waals surface area contributed by atoms with Crippen molar-refractivity contribution in [2.24, 2.45) is 0 Å². The summed E-state index contributed by atoms with van der Waals surface area (Å²) in [5, 5.41) is 9.50. The van der Waals surface area contributed by atoms with Crippen molar-refractivity contribution >= 4 is 28.9 Å². The molecule has 1 saturated heterocycles. The number of hydrogen-bond donors (Lipinski definition) is 3. The fourth-order valence-corrected chi connectivity index (χ4v) is 3.88. The number of rotatable bonds is 6. The Morgan fingerprint density at radius 1 is 1.00 bits per heavy atom. The number of aryl methyl sites for hydroxylation is 1. The summed E-state index contributed by atoms with van der Waals surface area (Å²) < 4.78 is 0. The predicted molar refractivity (Wildman–Crippen MR) is 137 cm³/mol. The normalized spacial score (nSPS) is 13.3. The number of amides is 1. The van der Waals surface area contributed by atoms with E-state index in [0.29, 0.717) is 17.2 Å². The Bertz CT molecular complexity index is 1300. The number of carbonyl (C=O) groups excluding carboxylic acids is 1. The maximum absolute atomic E-state index is 12.9. The van der Waals surface area contributed by atoms with Gasteiger partial charge >= 0.3 is 0 Å². The average molecular weight is 467 g/mol. The van der Waals surface area contributed by atoms with Crippen LogP contribution in [0.25, 0.3) is 11.3 Å². The van der Waals surface area contributed by atoms with Crippen LogP contribution in [0.2, 0.25) is 0 Å². The topological polar surface area (TPSA) is 108 Å². The van der Waals surface area contributed by atoms with E-state index in [0.717, 1.165) is 54.5 Å². The zero-order chi connectivity index (χ0) is 24.0. The van der Waals surface area contributed by atoms with E-state index >= 15 is 0 Å². The molecule has 0 radical (unpaired) electrons. The lowest BCUT2D eigenvalue weighted by atomic mass is 10.2. The smallest absolute Gasteiger partial charge is 0.257 e. The monoisotopic (exact) mass is 466 g/mol. The summed E-state index contributed by atoms with van der Waals surface area (Å²) in [5.74, 6) is 0.179. The predicted octanol–water partition coefficient (Wildman–Crippen LogP) is 3.65. The maximum atomic E-state index is 12.9. The first kappa shape index (κ1) is 22.4. The third-order valence-electron chi connectivity index (χ3n) is 5.82. The molecule has 0 bridgehead atoms. The molecule has 0 atom stereocenters. The molecule has 1 fully saturated rings. The van der Waals surface area contributed by atoms with E-state index in [9.17, 15) is 4.79 Å². The van der Waals surface area contributed by atoms with E-state index in [1.165, 1.54) is 0 Å². The van der Waals surface area contributed by atoms with Crippen LogP contribution in [-0.2, 0) is 0 Å². The zero-order valence-electron chi connectivity index (χ0n) is 19.4. The lowest BCUT2D eigenvalue weighted by Gasteiger charge is -2.29. The van der Waals surface area contributed by atoms with Gasteiger partial charge in [0.15, 0.2) is 0 Å². The molecule has 0 spiro atoms. The minimum Gasteiger partial charge on any atom is -0.369 e. The molecule has 1 aliphatic rings. The van der Waals surface area contributed by atoms with Crippen LogP contribution in [-0.4, -0.2) is 52.0 Å². The highest BCUT2D eigenvalue weighted by Gasteiger charge is 2.13. The molecule has 9 heteroatoms. The molecule has 0 unspecified atom stereocenters. The van der Waals surface area contributed by atoms with Gasteiger partial charge in [-0.15, -0.1) is 0 Å². The van der Waals surface area contributed by atoms with Gasteiger partial charge in [-0.05, 0) is 55.5 Å². The second kappa shape index (κ2) is 10.3. The van der Waals surface area contributed by atoms with Gasteiger partial charge in [0.2, 0.25) is 5.95 Å². The van der Waals surface area contributed by atoms with E-state index in [-0.39, 0.29) is 5.91 Å². The van der Waals surface area contributed by atoms with Crippen molar-refractivity contribution in [1.29, 1.82) is 0 Å². The molecule has 4 aromatic rings. The first-order valence-corrected chi connectivity index (χ1v) is 11.5. The molecule has 5 rings (SSSR count). The summed E-state index contributed by atoms with van der Waals surface area (Å²) >= 11 is 0. The number of carbonyl (C=O) groups is 1. The van der Waals surface area contributed by atoms with Crippen LogP contribution < -0.4 is 20.9 Å². The molecule has 176 valence electrons. The van der Waals surface area contributed by atoms with E-state index in [1.807, 2.05) is 49.4 Å². The number of benzene rings is 1. The molecule has 35 heavy (non-hydrogen) atoms. The Balaban J connectivity index is 1.29. The molecule has 9 nitrogen and oxygen atoms in total. The van der Waals surface area contributed by atoms with Crippen LogP contribution in [0.1, 0.15) is 16.1 Å². The molecule has 1 aromatic carbocycles. The van der Waals surface area contributed by atoms with Gasteiger partial charge in [0.1, 0.15) is 0 Å². The SMILES string of the molecule is Cc1ncc(C(=O)Nc2ccc(N3CCNCC3)cc2)cc1Nc1nccc(-c2cccnc2)n1. The van der Waals surface area contributed by atoms with Crippen molar-refractivity contribution < 1.29 is 4.79 Å². The summed E-state index contributed by atoms with van der Waals surface area (Å²) in [6.45, 7) is 5.78. The van der Waals surface area contributed by atoms with Crippen molar-refractivity contribution in [3.8, 4) is 11.3 Å². The van der Waals surface area contributed by atoms with Crippen LogP contribution in [0.4, 0.5) is 23.0 Å².